The summed E-state index contributed by atoms with van der Waals surface area (Å²) in [6.07, 6.45) is 1.95. The van der Waals surface area contributed by atoms with E-state index in [2.05, 4.69) is 10.3 Å². The fourth-order valence-corrected chi connectivity index (χ4v) is 1.32. The Labute approximate surface area is 97.8 Å². The van der Waals surface area contributed by atoms with Gasteiger partial charge in [0.2, 0.25) is 5.91 Å². The Morgan fingerprint density at radius 3 is 2.87 bits per heavy atom. The van der Waals surface area contributed by atoms with E-state index < -0.39 is 6.04 Å². The van der Waals surface area contributed by atoms with Crippen LogP contribution in [0.3, 0.4) is 0 Å². The Morgan fingerprint density at radius 1 is 1.67 bits per heavy atom. The van der Waals surface area contributed by atoms with Gasteiger partial charge in [0.05, 0.1) is 22.9 Å². The topological polar surface area (TPSA) is 68.0 Å². The molecule has 0 bridgehead atoms. The molecule has 0 spiro atoms. The van der Waals surface area contributed by atoms with Gasteiger partial charge in [-0.1, -0.05) is 30.1 Å². The van der Waals surface area contributed by atoms with Gasteiger partial charge in [-0.25, -0.2) is 4.98 Å². The number of halogens is 2. The first-order chi connectivity index (χ1) is 7.04. The number of aromatic nitrogens is 1. The number of pyridine rings is 1. The van der Waals surface area contributed by atoms with E-state index in [1.807, 2.05) is 6.92 Å². The second-order valence-electron chi connectivity index (χ2n) is 2.99. The summed E-state index contributed by atoms with van der Waals surface area (Å²) in [6, 6.07) is 0.910. The van der Waals surface area contributed by atoms with E-state index >= 15 is 0 Å². The molecule has 0 radical (unpaired) electrons. The van der Waals surface area contributed by atoms with Crippen LogP contribution in [0.2, 0.25) is 10.2 Å². The molecule has 0 fully saturated rings. The van der Waals surface area contributed by atoms with E-state index in [-0.39, 0.29) is 11.1 Å². The van der Waals surface area contributed by atoms with Crippen molar-refractivity contribution in [2.75, 3.05) is 5.32 Å². The molecule has 0 aliphatic heterocycles. The van der Waals surface area contributed by atoms with Crippen LogP contribution in [-0.2, 0) is 4.79 Å². The number of hydrogen-bond acceptors (Lipinski definition) is 3. The van der Waals surface area contributed by atoms with Gasteiger partial charge < -0.3 is 11.1 Å². The van der Waals surface area contributed by atoms with Gasteiger partial charge in [-0.05, 0) is 12.5 Å². The number of carbonyl (C=O) groups is 1. The fraction of sp³-hybridized carbons (Fsp3) is 0.333. The van der Waals surface area contributed by atoms with Crippen LogP contribution in [0, 0.1) is 0 Å². The van der Waals surface area contributed by atoms with Gasteiger partial charge in [0.25, 0.3) is 0 Å². The monoisotopic (exact) mass is 247 g/mol. The molecule has 3 N–H and O–H groups in total. The van der Waals surface area contributed by atoms with Crippen molar-refractivity contribution < 1.29 is 4.79 Å². The van der Waals surface area contributed by atoms with Crippen LogP contribution >= 0.6 is 23.2 Å². The first-order valence-electron chi connectivity index (χ1n) is 4.42. The largest absolute Gasteiger partial charge is 0.322 e. The van der Waals surface area contributed by atoms with Crippen LogP contribution in [0.5, 0.6) is 0 Å². The molecule has 0 saturated carbocycles. The predicted molar refractivity (Wildman–Crippen MR) is 61.2 cm³/mol. The number of amides is 1. The van der Waals surface area contributed by atoms with Gasteiger partial charge in [0.1, 0.15) is 5.15 Å². The van der Waals surface area contributed by atoms with E-state index in [1.165, 1.54) is 12.3 Å². The zero-order chi connectivity index (χ0) is 11.4. The van der Waals surface area contributed by atoms with Crippen LogP contribution in [0.4, 0.5) is 5.69 Å². The number of anilines is 1. The summed E-state index contributed by atoms with van der Waals surface area (Å²) in [5.41, 5.74) is 5.95. The summed E-state index contributed by atoms with van der Waals surface area (Å²) in [5, 5.41) is 3.19. The lowest BCUT2D eigenvalue weighted by molar-refractivity contribution is -0.117. The Hall–Kier alpha value is -0.840. The highest BCUT2D eigenvalue weighted by molar-refractivity contribution is 6.36. The molecule has 1 atom stereocenters. The Morgan fingerprint density at radius 2 is 2.33 bits per heavy atom. The smallest absolute Gasteiger partial charge is 0.241 e. The van der Waals surface area contributed by atoms with Crippen molar-refractivity contribution in [2.24, 2.45) is 5.73 Å². The number of nitrogens with two attached hydrogens (primary N) is 1. The van der Waals surface area contributed by atoms with Crippen LogP contribution < -0.4 is 11.1 Å². The summed E-state index contributed by atoms with van der Waals surface area (Å²) >= 11 is 11.5. The molecule has 0 aliphatic rings. The molecule has 1 aromatic heterocycles. The van der Waals surface area contributed by atoms with Gasteiger partial charge in [-0.3, -0.25) is 4.79 Å². The molecular weight excluding hydrogens is 237 g/mol. The molecule has 1 aromatic rings. The van der Waals surface area contributed by atoms with Crippen molar-refractivity contribution in [1.29, 1.82) is 0 Å². The maximum Gasteiger partial charge on any atom is 0.241 e. The summed E-state index contributed by atoms with van der Waals surface area (Å²) in [6.45, 7) is 1.83. The molecule has 82 valence electrons. The normalized spacial score (nSPS) is 12.3. The first kappa shape index (κ1) is 12.2. The van der Waals surface area contributed by atoms with E-state index in [4.69, 9.17) is 28.9 Å². The number of hydrogen-bond donors (Lipinski definition) is 2. The van der Waals surface area contributed by atoms with Crippen LogP contribution in [0.15, 0.2) is 12.3 Å². The quantitative estimate of drug-likeness (QED) is 0.804. The van der Waals surface area contributed by atoms with Gasteiger partial charge >= 0.3 is 0 Å². The highest BCUT2D eigenvalue weighted by Gasteiger charge is 2.12. The predicted octanol–water partition coefficient (Wildman–Crippen LogP) is 2.06. The van der Waals surface area contributed by atoms with Crippen LogP contribution in [0.25, 0.3) is 0 Å². The first-order valence-corrected chi connectivity index (χ1v) is 5.17. The minimum Gasteiger partial charge on any atom is -0.322 e. The van der Waals surface area contributed by atoms with Crippen LogP contribution in [-0.4, -0.2) is 16.9 Å². The number of carbonyl (C=O) groups excluding carboxylic acids is 1. The molecule has 1 heterocycles. The summed E-state index contributed by atoms with van der Waals surface area (Å²) in [7, 11) is 0. The minimum atomic E-state index is -0.545. The molecule has 0 saturated heterocycles. The molecule has 6 heteroatoms. The Bertz CT molecular complexity index is 370. The average molecular weight is 248 g/mol. The van der Waals surface area contributed by atoms with Crippen molar-refractivity contribution in [3.63, 3.8) is 0 Å². The third-order valence-electron chi connectivity index (χ3n) is 1.85. The molecular formula is C9H11Cl2N3O. The van der Waals surface area contributed by atoms with E-state index in [9.17, 15) is 4.79 Å². The summed E-state index contributed by atoms with van der Waals surface area (Å²) in [4.78, 5) is 15.2. The van der Waals surface area contributed by atoms with E-state index in [1.54, 1.807) is 0 Å². The second kappa shape index (κ2) is 5.30. The molecule has 15 heavy (non-hydrogen) atoms. The highest BCUT2D eigenvalue weighted by atomic mass is 35.5. The van der Waals surface area contributed by atoms with E-state index in [0.717, 1.165) is 0 Å². The van der Waals surface area contributed by atoms with E-state index in [0.29, 0.717) is 17.1 Å². The molecule has 0 unspecified atom stereocenters. The molecule has 1 rings (SSSR count). The van der Waals surface area contributed by atoms with Gasteiger partial charge in [-0.2, -0.15) is 0 Å². The zero-order valence-electron chi connectivity index (χ0n) is 8.13. The second-order valence-corrected chi connectivity index (χ2v) is 3.79. The lowest BCUT2D eigenvalue weighted by Crippen LogP contribution is -2.34. The van der Waals surface area contributed by atoms with Crippen molar-refractivity contribution in [3.05, 3.63) is 22.4 Å². The lowest BCUT2D eigenvalue weighted by atomic mass is 10.2. The van der Waals surface area contributed by atoms with Gasteiger partial charge in [-0.15, -0.1) is 0 Å². The van der Waals surface area contributed by atoms with Gasteiger partial charge in [0.15, 0.2) is 0 Å². The molecule has 1 amide bonds. The average Bonchev–Trinajstić information content (AvgIpc) is 2.20. The Kier molecular flexibility index (Phi) is 4.32. The van der Waals surface area contributed by atoms with Crippen molar-refractivity contribution in [2.45, 2.75) is 19.4 Å². The van der Waals surface area contributed by atoms with Gasteiger partial charge in [0, 0.05) is 0 Å². The third kappa shape index (κ3) is 3.34. The Balaban J connectivity index is 2.77. The summed E-state index contributed by atoms with van der Waals surface area (Å²) < 4.78 is 0. The highest BCUT2D eigenvalue weighted by Crippen LogP contribution is 2.23. The summed E-state index contributed by atoms with van der Waals surface area (Å²) in [5.74, 6) is -0.288. The maximum atomic E-state index is 11.4. The zero-order valence-corrected chi connectivity index (χ0v) is 9.64. The molecule has 0 aliphatic carbocycles. The number of nitrogens with one attached hydrogen (secondary N) is 1. The van der Waals surface area contributed by atoms with Crippen molar-refractivity contribution >= 4 is 34.8 Å². The standard InChI is InChI=1S/C9H11Cl2N3O/c1-2-6(12)9(15)14-7-4-13-8(11)3-5(7)10/h3-4,6H,2,12H2,1H3,(H,14,15)/t6-/m1/s1. The maximum absolute atomic E-state index is 11.4. The molecule has 4 nitrogen and oxygen atoms in total. The number of rotatable bonds is 3. The van der Waals surface area contributed by atoms with Crippen molar-refractivity contribution in [3.8, 4) is 0 Å². The van der Waals surface area contributed by atoms with Crippen molar-refractivity contribution in [1.82, 2.24) is 4.98 Å². The SMILES string of the molecule is CC[C@@H](N)C(=O)Nc1cnc(Cl)cc1Cl. The molecule has 0 aromatic carbocycles. The lowest BCUT2D eigenvalue weighted by Gasteiger charge is -2.10. The minimum absolute atomic E-state index is 0.276. The fourth-order valence-electron chi connectivity index (χ4n) is 0.910. The van der Waals surface area contributed by atoms with Crippen LogP contribution in [0.1, 0.15) is 13.3 Å². The third-order valence-corrected chi connectivity index (χ3v) is 2.37. The number of nitrogens with zero attached hydrogens (tertiary/aromatic N) is 1.